The van der Waals surface area contributed by atoms with Gasteiger partial charge >= 0.3 is 5.97 Å². The van der Waals surface area contributed by atoms with E-state index >= 15 is 0 Å². The number of carbonyl (C=O) groups excluding carboxylic acids is 2. The molecule has 2 N–H and O–H groups in total. The molecule has 8 heteroatoms. The molecule has 0 aromatic carbocycles. The van der Waals surface area contributed by atoms with E-state index in [4.69, 9.17) is 4.74 Å². The lowest BCUT2D eigenvalue weighted by molar-refractivity contribution is 0.0599. The van der Waals surface area contributed by atoms with Gasteiger partial charge in [-0.1, -0.05) is 6.07 Å². The summed E-state index contributed by atoms with van der Waals surface area (Å²) < 4.78 is 4.75. The molecule has 0 aliphatic rings. The standard InChI is InChI=1S/C17H16N4O3S/c1-9-13(16(23)24-3)10(2)19-14(9)15(22)21-17-20-12(8-25-17)11-6-4-5-7-18-11/h4-8,19H,1-3H3,(H,20,21,22). The molecule has 3 heterocycles. The van der Waals surface area contributed by atoms with Crippen molar-refractivity contribution in [2.24, 2.45) is 0 Å². The molecule has 3 aromatic rings. The number of esters is 1. The van der Waals surface area contributed by atoms with E-state index in [1.807, 2.05) is 23.6 Å². The van der Waals surface area contributed by atoms with E-state index in [0.717, 1.165) is 5.69 Å². The summed E-state index contributed by atoms with van der Waals surface area (Å²) in [5.41, 5.74) is 3.24. The number of thiazole rings is 1. The van der Waals surface area contributed by atoms with Crippen LogP contribution in [0.15, 0.2) is 29.8 Å². The van der Waals surface area contributed by atoms with Crippen molar-refractivity contribution in [2.75, 3.05) is 12.4 Å². The fourth-order valence-electron chi connectivity index (χ4n) is 2.51. The zero-order valence-corrected chi connectivity index (χ0v) is 14.7. The lowest BCUT2D eigenvalue weighted by Crippen LogP contribution is -2.14. The Bertz CT molecular complexity index is 931. The van der Waals surface area contributed by atoms with Crippen molar-refractivity contribution in [1.82, 2.24) is 15.0 Å². The second-order valence-electron chi connectivity index (χ2n) is 5.32. The smallest absolute Gasteiger partial charge is 0.339 e. The minimum Gasteiger partial charge on any atom is -0.465 e. The third-order valence-corrected chi connectivity index (χ3v) is 4.46. The Morgan fingerprint density at radius 1 is 1.24 bits per heavy atom. The third kappa shape index (κ3) is 3.29. The second-order valence-corrected chi connectivity index (χ2v) is 6.18. The molecule has 0 spiro atoms. The molecule has 0 aliphatic carbocycles. The van der Waals surface area contributed by atoms with Crippen molar-refractivity contribution >= 4 is 28.3 Å². The van der Waals surface area contributed by atoms with Crippen LogP contribution in [0.1, 0.15) is 32.1 Å². The monoisotopic (exact) mass is 356 g/mol. The first kappa shape index (κ1) is 16.8. The minimum atomic E-state index is -0.475. The number of hydrogen-bond acceptors (Lipinski definition) is 6. The largest absolute Gasteiger partial charge is 0.465 e. The number of amides is 1. The van der Waals surface area contributed by atoms with Gasteiger partial charge in [0, 0.05) is 17.3 Å². The Labute approximate surface area is 148 Å². The summed E-state index contributed by atoms with van der Waals surface area (Å²) in [6.45, 7) is 3.42. The summed E-state index contributed by atoms with van der Waals surface area (Å²) in [4.78, 5) is 35.9. The van der Waals surface area contributed by atoms with E-state index in [2.05, 4.69) is 20.3 Å². The average molecular weight is 356 g/mol. The molecule has 3 aromatic heterocycles. The van der Waals surface area contributed by atoms with Crippen molar-refractivity contribution in [1.29, 1.82) is 0 Å². The van der Waals surface area contributed by atoms with Crippen LogP contribution in [-0.2, 0) is 4.74 Å². The quantitative estimate of drug-likeness (QED) is 0.700. The predicted molar refractivity (Wildman–Crippen MR) is 94.9 cm³/mol. The minimum absolute atomic E-state index is 0.312. The Morgan fingerprint density at radius 3 is 2.72 bits per heavy atom. The highest BCUT2D eigenvalue weighted by atomic mass is 32.1. The van der Waals surface area contributed by atoms with Gasteiger partial charge < -0.3 is 9.72 Å². The molecule has 25 heavy (non-hydrogen) atoms. The van der Waals surface area contributed by atoms with Crippen LogP contribution in [0, 0.1) is 13.8 Å². The van der Waals surface area contributed by atoms with Gasteiger partial charge in [-0.3, -0.25) is 15.1 Å². The van der Waals surface area contributed by atoms with E-state index in [-0.39, 0.29) is 5.91 Å². The van der Waals surface area contributed by atoms with E-state index < -0.39 is 5.97 Å². The molecular formula is C17H16N4O3S. The molecule has 128 valence electrons. The van der Waals surface area contributed by atoms with Crippen LogP contribution in [-0.4, -0.2) is 33.9 Å². The Morgan fingerprint density at radius 2 is 2.04 bits per heavy atom. The number of aryl methyl sites for hydroxylation is 1. The van der Waals surface area contributed by atoms with Crippen molar-refractivity contribution in [3.63, 3.8) is 0 Å². The molecule has 7 nitrogen and oxygen atoms in total. The zero-order chi connectivity index (χ0) is 18.0. The highest BCUT2D eigenvalue weighted by Crippen LogP contribution is 2.25. The molecular weight excluding hydrogens is 340 g/mol. The van der Waals surface area contributed by atoms with Gasteiger partial charge in [-0.05, 0) is 31.5 Å². The van der Waals surface area contributed by atoms with E-state index in [9.17, 15) is 9.59 Å². The Kier molecular flexibility index (Phi) is 4.62. The van der Waals surface area contributed by atoms with E-state index in [1.165, 1.54) is 18.4 Å². The molecule has 0 bridgehead atoms. The van der Waals surface area contributed by atoms with Gasteiger partial charge in [0.2, 0.25) is 0 Å². The van der Waals surface area contributed by atoms with Crippen molar-refractivity contribution < 1.29 is 14.3 Å². The SMILES string of the molecule is COC(=O)c1c(C)[nH]c(C(=O)Nc2nc(-c3ccccn3)cs2)c1C. The topological polar surface area (TPSA) is 97.0 Å². The number of H-pyrrole nitrogens is 1. The van der Waals surface area contributed by atoms with Gasteiger partial charge in [-0.25, -0.2) is 9.78 Å². The zero-order valence-electron chi connectivity index (χ0n) is 13.9. The first-order chi connectivity index (χ1) is 12.0. The van der Waals surface area contributed by atoms with E-state index in [1.54, 1.807) is 20.0 Å². The van der Waals surface area contributed by atoms with Gasteiger partial charge in [0.15, 0.2) is 5.13 Å². The molecule has 0 unspecified atom stereocenters. The lowest BCUT2D eigenvalue weighted by Gasteiger charge is -2.02. The van der Waals surface area contributed by atoms with Gasteiger partial charge in [-0.2, -0.15) is 0 Å². The number of nitrogens with zero attached hydrogens (tertiary/aromatic N) is 2. The van der Waals surface area contributed by atoms with E-state index in [0.29, 0.717) is 33.3 Å². The van der Waals surface area contributed by atoms with Crippen LogP contribution < -0.4 is 5.32 Å². The highest BCUT2D eigenvalue weighted by Gasteiger charge is 2.23. The van der Waals surface area contributed by atoms with Crippen LogP contribution in [0.4, 0.5) is 5.13 Å². The Hall–Kier alpha value is -3.00. The normalized spacial score (nSPS) is 10.5. The maximum absolute atomic E-state index is 12.5. The summed E-state index contributed by atoms with van der Waals surface area (Å²) in [5.74, 6) is -0.838. The number of ether oxygens (including phenoxy) is 1. The molecule has 3 rings (SSSR count). The van der Waals surface area contributed by atoms with Crippen LogP contribution in [0.3, 0.4) is 0 Å². The van der Waals surface area contributed by atoms with Gasteiger partial charge in [0.25, 0.3) is 5.91 Å². The number of pyridine rings is 1. The van der Waals surface area contributed by atoms with Gasteiger partial charge in [0.1, 0.15) is 11.4 Å². The van der Waals surface area contributed by atoms with Crippen LogP contribution in [0.2, 0.25) is 0 Å². The lowest BCUT2D eigenvalue weighted by atomic mass is 10.1. The number of anilines is 1. The number of carbonyl (C=O) groups is 2. The fourth-order valence-corrected chi connectivity index (χ4v) is 3.21. The number of aromatic amines is 1. The number of methoxy groups -OCH3 is 1. The summed E-state index contributed by atoms with van der Waals surface area (Å²) >= 11 is 1.31. The highest BCUT2D eigenvalue weighted by molar-refractivity contribution is 7.14. The van der Waals surface area contributed by atoms with Gasteiger partial charge in [0.05, 0.1) is 18.4 Å². The summed E-state index contributed by atoms with van der Waals surface area (Å²) in [6, 6.07) is 5.55. The number of hydrogen-bond donors (Lipinski definition) is 2. The van der Waals surface area contributed by atoms with Crippen molar-refractivity contribution in [3.05, 3.63) is 52.3 Å². The Balaban J connectivity index is 1.82. The first-order valence-corrected chi connectivity index (χ1v) is 8.35. The maximum Gasteiger partial charge on any atom is 0.339 e. The molecule has 0 saturated carbocycles. The van der Waals surface area contributed by atoms with Crippen LogP contribution >= 0.6 is 11.3 Å². The van der Waals surface area contributed by atoms with Crippen molar-refractivity contribution in [2.45, 2.75) is 13.8 Å². The summed E-state index contributed by atoms with van der Waals surface area (Å²) in [5, 5.41) is 5.02. The number of nitrogens with one attached hydrogen (secondary N) is 2. The van der Waals surface area contributed by atoms with Gasteiger partial charge in [-0.15, -0.1) is 11.3 Å². The summed E-state index contributed by atoms with van der Waals surface area (Å²) in [6.07, 6.45) is 1.69. The molecule has 0 saturated heterocycles. The third-order valence-electron chi connectivity index (χ3n) is 3.71. The number of rotatable bonds is 4. The molecule has 0 aliphatic heterocycles. The summed E-state index contributed by atoms with van der Waals surface area (Å²) in [7, 11) is 1.31. The number of aromatic nitrogens is 3. The van der Waals surface area contributed by atoms with Crippen LogP contribution in [0.5, 0.6) is 0 Å². The van der Waals surface area contributed by atoms with Crippen LogP contribution in [0.25, 0.3) is 11.4 Å². The molecule has 1 amide bonds. The van der Waals surface area contributed by atoms with Crippen molar-refractivity contribution in [3.8, 4) is 11.4 Å². The maximum atomic E-state index is 12.5. The molecule has 0 radical (unpaired) electrons. The fraction of sp³-hybridized carbons (Fsp3) is 0.176. The predicted octanol–water partition coefficient (Wildman–Crippen LogP) is 3.19. The average Bonchev–Trinajstić information content (AvgIpc) is 3.19. The molecule has 0 fully saturated rings. The molecule has 0 atom stereocenters. The second kappa shape index (κ2) is 6.86. The first-order valence-electron chi connectivity index (χ1n) is 7.47.